The monoisotopic (exact) mass is 589 g/mol. The van der Waals surface area contributed by atoms with Crippen LogP contribution in [0.5, 0.6) is 5.75 Å². The SMILES string of the molecule is C[N+](C)(CCCNc1ccc([N+](=O)[O-])cc1)CCCNc1ccc([N+](=O)[O-])cc1.Cc1ccc(O)cc1S(=O)(=O)[O-]. The molecule has 0 saturated carbocycles. The molecule has 0 amide bonds. The first kappa shape index (κ1) is 32.9. The highest BCUT2D eigenvalue weighted by Crippen LogP contribution is 2.20. The van der Waals surface area contributed by atoms with Gasteiger partial charge in [0.25, 0.3) is 11.4 Å². The van der Waals surface area contributed by atoms with E-state index in [-0.39, 0.29) is 22.0 Å². The molecule has 0 atom stereocenters. The fraction of sp³-hybridized carbons (Fsp3) is 0.333. The van der Waals surface area contributed by atoms with Crippen LogP contribution in [0.2, 0.25) is 0 Å². The summed E-state index contributed by atoms with van der Waals surface area (Å²) in [6.45, 7) is 5.13. The third-order valence-electron chi connectivity index (χ3n) is 6.14. The summed E-state index contributed by atoms with van der Waals surface area (Å²) in [5, 5.41) is 36.8. The first-order chi connectivity index (χ1) is 19.2. The number of hydrogen-bond donors (Lipinski definition) is 3. The largest absolute Gasteiger partial charge is 0.744 e. The van der Waals surface area contributed by atoms with E-state index in [4.69, 9.17) is 5.11 Å². The molecule has 0 bridgehead atoms. The quantitative estimate of drug-likeness (QED) is 0.0842. The molecule has 13 nitrogen and oxygen atoms in total. The Bertz CT molecular complexity index is 1350. The zero-order chi connectivity index (χ0) is 30.6. The smallest absolute Gasteiger partial charge is 0.269 e. The normalized spacial score (nSPS) is 11.2. The van der Waals surface area contributed by atoms with Gasteiger partial charge in [0.15, 0.2) is 0 Å². The zero-order valence-corrected chi connectivity index (χ0v) is 24.0. The van der Waals surface area contributed by atoms with Crippen molar-refractivity contribution in [3.8, 4) is 5.75 Å². The number of rotatable bonds is 13. The fourth-order valence-electron chi connectivity index (χ4n) is 3.85. The lowest BCUT2D eigenvalue weighted by Gasteiger charge is -2.30. The minimum absolute atomic E-state index is 0.0932. The van der Waals surface area contributed by atoms with Crippen molar-refractivity contribution in [3.05, 3.63) is 92.5 Å². The molecule has 3 aromatic carbocycles. The second-order valence-corrected chi connectivity index (χ2v) is 11.3. The van der Waals surface area contributed by atoms with Gasteiger partial charge >= 0.3 is 0 Å². The highest BCUT2D eigenvalue weighted by Gasteiger charge is 2.14. The van der Waals surface area contributed by atoms with Gasteiger partial charge in [-0.2, -0.15) is 0 Å². The summed E-state index contributed by atoms with van der Waals surface area (Å²) in [6.07, 6.45) is 1.97. The molecule has 41 heavy (non-hydrogen) atoms. The van der Waals surface area contributed by atoms with Crippen molar-refractivity contribution >= 4 is 32.9 Å². The van der Waals surface area contributed by atoms with Crippen molar-refractivity contribution in [2.24, 2.45) is 0 Å². The average Bonchev–Trinajstić information content (AvgIpc) is 2.91. The number of anilines is 2. The van der Waals surface area contributed by atoms with Crippen LogP contribution in [-0.2, 0) is 10.1 Å². The van der Waals surface area contributed by atoms with Crippen molar-refractivity contribution < 1.29 is 32.4 Å². The van der Waals surface area contributed by atoms with Gasteiger partial charge in [-0.1, -0.05) is 6.07 Å². The van der Waals surface area contributed by atoms with Crippen molar-refractivity contribution in [3.63, 3.8) is 0 Å². The Kier molecular flexibility index (Phi) is 12.0. The highest BCUT2D eigenvalue weighted by atomic mass is 32.2. The van der Waals surface area contributed by atoms with Crippen molar-refractivity contribution in [1.82, 2.24) is 0 Å². The zero-order valence-electron chi connectivity index (χ0n) is 23.1. The topological polar surface area (TPSA) is 188 Å². The Morgan fingerprint density at radius 1 is 0.780 bits per heavy atom. The van der Waals surface area contributed by atoms with Gasteiger partial charge in [-0.3, -0.25) is 20.2 Å². The maximum Gasteiger partial charge on any atom is 0.269 e. The maximum atomic E-state index is 10.7. The number of aryl methyl sites for hydroxylation is 1. The Morgan fingerprint density at radius 2 is 1.20 bits per heavy atom. The lowest BCUT2D eigenvalue weighted by atomic mass is 10.2. The highest BCUT2D eigenvalue weighted by molar-refractivity contribution is 7.85. The molecular formula is C27H35N5O8S. The van der Waals surface area contributed by atoms with Crippen molar-refractivity contribution in [2.75, 3.05) is 50.9 Å². The van der Waals surface area contributed by atoms with Crippen LogP contribution in [0.15, 0.2) is 71.6 Å². The maximum absolute atomic E-state index is 10.7. The van der Waals surface area contributed by atoms with E-state index >= 15 is 0 Å². The molecule has 0 heterocycles. The predicted molar refractivity (Wildman–Crippen MR) is 155 cm³/mol. The number of nitro benzene ring substituents is 2. The number of nitro groups is 2. The second-order valence-electron chi connectivity index (χ2n) is 9.96. The van der Waals surface area contributed by atoms with Crippen LogP contribution in [0.25, 0.3) is 0 Å². The molecule has 0 radical (unpaired) electrons. The van der Waals surface area contributed by atoms with E-state index in [1.165, 1.54) is 43.3 Å². The van der Waals surface area contributed by atoms with E-state index in [9.17, 15) is 33.2 Å². The van der Waals surface area contributed by atoms with Gasteiger partial charge in [0.1, 0.15) is 15.9 Å². The van der Waals surface area contributed by atoms with E-state index in [2.05, 4.69) is 24.7 Å². The van der Waals surface area contributed by atoms with Crippen LogP contribution in [0.4, 0.5) is 22.7 Å². The van der Waals surface area contributed by atoms with Gasteiger partial charge in [-0.05, 0) is 48.9 Å². The molecule has 0 aliphatic rings. The van der Waals surface area contributed by atoms with Crippen molar-refractivity contribution in [2.45, 2.75) is 24.7 Å². The van der Waals surface area contributed by atoms with E-state index in [1.54, 1.807) is 24.3 Å². The molecular weight excluding hydrogens is 554 g/mol. The molecule has 0 fully saturated rings. The number of hydrogen-bond acceptors (Lipinski definition) is 10. The van der Waals surface area contributed by atoms with Crippen LogP contribution < -0.4 is 10.6 Å². The molecule has 0 saturated heterocycles. The van der Waals surface area contributed by atoms with Gasteiger partial charge in [0.05, 0.1) is 41.9 Å². The van der Waals surface area contributed by atoms with E-state index in [1.807, 2.05) is 0 Å². The number of non-ortho nitro benzene ring substituents is 2. The molecule has 14 heteroatoms. The van der Waals surface area contributed by atoms with E-state index in [0.29, 0.717) is 5.56 Å². The van der Waals surface area contributed by atoms with Crippen LogP contribution in [0.3, 0.4) is 0 Å². The molecule has 3 rings (SSSR count). The Hall–Kier alpha value is -4.27. The van der Waals surface area contributed by atoms with Crippen LogP contribution >= 0.6 is 0 Å². The van der Waals surface area contributed by atoms with Gasteiger partial charge in [-0.15, -0.1) is 0 Å². The van der Waals surface area contributed by atoms with Crippen LogP contribution in [-0.4, -0.2) is 72.7 Å². The van der Waals surface area contributed by atoms with Gasteiger partial charge in [0, 0.05) is 61.6 Å². The average molecular weight is 590 g/mol. The molecule has 3 aromatic rings. The molecule has 222 valence electrons. The third-order valence-corrected chi connectivity index (χ3v) is 7.11. The fourth-order valence-corrected chi connectivity index (χ4v) is 4.58. The molecule has 0 aliphatic heterocycles. The Balaban J connectivity index is 0.000000408. The molecule has 0 spiro atoms. The number of benzene rings is 3. The summed E-state index contributed by atoms with van der Waals surface area (Å²) < 4.78 is 32.5. The van der Waals surface area contributed by atoms with E-state index in [0.717, 1.165) is 60.9 Å². The molecule has 0 aromatic heterocycles. The number of aromatic hydroxyl groups is 1. The van der Waals surface area contributed by atoms with E-state index < -0.39 is 20.0 Å². The summed E-state index contributed by atoms with van der Waals surface area (Å²) in [6, 6.07) is 16.5. The number of nitrogens with one attached hydrogen (secondary N) is 2. The predicted octanol–water partition coefficient (Wildman–Crippen LogP) is 4.49. The number of phenolic OH excluding ortho intramolecular Hbond substituents is 1. The third kappa shape index (κ3) is 11.8. The molecule has 0 unspecified atom stereocenters. The van der Waals surface area contributed by atoms with Crippen molar-refractivity contribution in [1.29, 1.82) is 0 Å². The van der Waals surface area contributed by atoms with Gasteiger partial charge < -0.3 is 24.8 Å². The number of phenols is 1. The second kappa shape index (κ2) is 14.9. The Morgan fingerprint density at radius 3 is 1.54 bits per heavy atom. The molecule has 3 N–H and O–H groups in total. The lowest BCUT2D eigenvalue weighted by Crippen LogP contribution is -2.42. The minimum atomic E-state index is -4.47. The van der Waals surface area contributed by atoms with Gasteiger partial charge in [0.2, 0.25) is 0 Å². The first-order valence-electron chi connectivity index (χ1n) is 12.7. The van der Waals surface area contributed by atoms with Gasteiger partial charge in [-0.25, -0.2) is 8.42 Å². The Labute approximate surface area is 239 Å². The number of nitrogens with zero attached hydrogens (tertiary/aromatic N) is 3. The summed E-state index contributed by atoms with van der Waals surface area (Å²) in [5.41, 5.74) is 2.29. The minimum Gasteiger partial charge on any atom is -0.744 e. The first-order valence-corrected chi connectivity index (χ1v) is 14.1. The summed E-state index contributed by atoms with van der Waals surface area (Å²) in [5.74, 6) is -0.227. The summed E-state index contributed by atoms with van der Waals surface area (Å²) in [7, 11) is -0.0816. The summed E-state index contributed by atoms with van der Waals surface area (Å²) >= 11 is 0. The van der Waals surface area contributed by atoms with Crippen LogP contribution in [0, 0.1) is 27.2 Å². The van der Waals surface area contributed by atoms with Crippen LogP contribution in [0.1, 0.15) is 18.4 Å². The molecule has 0 aliphatic carbocycles. The lowest BCUT2D eigenvalue weighted by molar-refractivity contribution is -0.890. The standard InChI is InChI=1S/C20H28N5O4.C7H8O4S/c1-25(2,15-3-13-21-17-5-9-19(10-6-17)23(26)27)16-4-14-22-18-7-11-20(12-8-18)24(28)29;1-5-2-3-6(8)4-7(5)12(9,10)11/h5-12,21-22H,3-4,13-16H2,1-2H3;2-4,8H,1H3,(H,9,10,11)/q+1;/p-1. The number of quaternary nitrogens is 1. The summed E-state index contributed by atoms with van der Waals surface area (Å²) in [4.78, 5) is 20.1.